The number of nitrogens with zero attached hydrogens (tertiary/aromatic N) is 3. The summed E-state index contributed by atoms with van der Waals surface area (Å²) in [6.07, 6.45) is 6.85. The first-order chi connectivity index (χ1) is 9.13. The summed E-state index contributed by atoms with van der Waals surface area (Å²) in [5.74, 6) is 1.77. The minimum Gasteiger partial charge on any atom is -0.358 e. The van der Waals surface area contributed by atoms with Crippen molar-refractivity contribution in [2.45, 2.75) is 52.5 Å². The molecular weight excluding hydrogens is 236 g/mol. The van der Waals surface area contributed by atoms with E-state index in [1.54, 1.807) is 0 Å². The maximum atomic E-state index is 5.90. The number of aromatic nitrogens is 2. The molecule has 1 aromatic rings. The average Bonchev–Trinajstić information content (AvgIpc) is 2.42. The van der Waals surface area contributed by atoms with Gasteiger partial charge < -0.3 is 10.6 Å². The van der Waals surface area contributed by atoms with Gasteiger partial charge in [0.05, 0.1) is 5.69 Å². The van der Waals surface area contributed by atoms with Gasteiger partial charge in [0.2, 0.25) is 0 Å². The summed E-state index contributed by atoms with van der Waals surface area (Å²) in [6.45, 7) is 5.69. The fraction of sp³-hybridized carbons (Fsp3) is 0.733. The lowest BCUT2D eigenvalue weighted by Gasteiger charge is -2.29. The molecule has 1 aliphatic carbocycles. The monoisotopic (exact) mass is 262 g/mol. The lowest BCUT2D eigenvalue weighted by molar-refractivity contribution is 0.361. The van der Waals surface area contributed by atoms with Crippen molar-refractivity contribution in [3.63, 3.8) is 0 Å². The van der Waals surface area contributed by atoms with E-state index >= 15 is 0 Å². The number of rotatable bonds is 4. The van der Waals surface area contributed by atoms with Gasteiger partial charge in [-0.25, -0.2) is 0 Å². The topological polar surface area (TPSA) is 55.0 Å². The Labute approximate surface area is 116 Å². The van der Waals surface area contributed by atoms with E-state index in [0.29, 0.717) is 6.54 Å². The predicted molar refractivity (Wildman–Crippen MR) is 79.2 cm³/mol. The number of aryl methyl sites for hydroxylation is 1. The quantitative estimate of drug-likeness (QED) is 0.906. The van der Waals surface area contributed by atoms with Crippen LogP contribution < -0.4 is 10.6 Å². The Morgan fingerprint density at radius 1 is 1.16 bits per heavy atom. The van der Waals surface area contributed by atoms with Crippen molar-refractivity contribution in [1.82, 2.24) is 10.2 Å². The summed E-state index contributed by atoms with van der Waals surface area (Å²) in [6, 6.07) is 0. The van der Waals surface area contributed by atoms with Crippen molar-refractivity contribution in [2.24, 2.45) is 11.7 Å². The third-order valence-corrected chi connectivity index (χ3v) is 4.38. The molecule has 0 amide bonds. The second-order valence-electron chi connectivity index (χ2n) is 5.80. The highest BCUT2D eigenvalue weighted by atomic mass is 15.2. The van der Waals surface area contributed by atoms with Crippen molar-refractivity contribution in [3.05, 3.63) is 16.8 Å². The van der Waals surface area contributed by atoms with Crippen molar-refractivity contribution in [1.29, 1.82) is 0 Å². The van der Waals surface area contributed by atoms with Crippen LogP contribution in [0.25, 0.3) is 0 Å². The fourth-order valence-corrected chi connectivity index (χ4v) is 3.04. The number of hydrogen-bond acceptors (Lipinski definition) is 4. The molecule has 0 atom stereocenters. The molecule has 0 bridgehead atoms. The van der Waals surface area contributed by atoms with Crippen molar-refractivity contribution >= 4 is 5.82 Å². The Morgan fingerprint density at radius 2 is 1.84 bits per heavy atom. The molecule has 0 saturated heterocycles. The molecule has 0 unspecified atom stereocenters. The largest absolute Gasteiger partial charge is 0.358 e. The van der Waals surface area contributed by atoms with Gasteiger partial charge in [0.25, 0.3) is 0 Å². The van der Waals surface area contributed by atoms with Crippen LogP contribution in [-0.2, 0) is 6.54 Å². The van der Waals surface area contributed by atoms with Gasteiger partial charge in [0.1, 0.15) is 0 Å². The van der Waals surface area contributed by atoms with E-state index in [0.717, 1.165) is 29.5 Å². The van der Waals surface area contributed by atoms with Gasteiger partial charge in [-0.1, -0.05) is 19.3 Å². The predicted octanol–water partition coefficient (Wildman–Crippen LogP) is 2.57. The maximum Gasteiger partial charge on any atom is 0.155 e. The van der Waals surface area contributed by atoms with E-state index in [1.807, 2.05) is 6.92 Å². The van der Waals surface area contributed by atoms with E-state index in [9.17, 15) is 0 Å². The minimum atomic E-state index is 0.534. The van der Waals surface area contributed by atoms with Gasteiger partial charge in [0.15, 0.2) is 5.82 Å². The minimum absolute atomic E-state index is 0.534. The van der Waals surface area contributed by atoms with E-state index in [-0.39, 0.29) is 0 Å². The Balaban J connectivity index is 2.13. The first-order valence-corrected chi connectivity index (χ1v) is 7.37. The zero-order valence-electron chi connectivity index (χ0n) is 12.4. The maximum absolute atomic E-state index is 5.90. The van der Waals surface area contributed by atoms with Crippen LogP contribution >= 0.6 is 0 Å². The number of hydrogen-bond donors (Lipinski definition) is 1. The van der Waals surface area contributed by atoms with Crippen LogP contribution in [0.5, 0.6) is 0 Å². The first kappa shape index (κ1) is 14.3. The molecule has 19 heavy (non-hydrogen) atoms. The van der Waals surface area contributed by atoms with Crippen LogP contribution in [0.1, 0.15) is 48.9 Å². The Hall–Kier alpha value is -1.16. The van der Waals surface area contributed by atoms with Gasteiger partial charge in [-0.3, -0.25) is 0 Å². The molecule has 4 heteroatoms. The lowest BCUT2D eigenvalue weighted by atomic mass is 9.89. The lowest BCUT2D eigenvalue weighted by Crippen LogP contribution is -2.29. The summed E-state index contributed by atoms with van der Waals surface area (Å²) in [4.78, 5) is 2.25. The van der Waals surface area contributed by atoms with Crippen LogP contribution in [0.3, 0.4) is 0 Å². The summed E-state index contributed by atoms with van der Waals surface area (Å²) < 4.78 is 0. The summed E-state index contributed by atoms with van der Waals surface area (Å²) in [5.41, 5.74) is 9.21. The van der Waals surface area contributed by atoms with E-state index in [2.05, 4.69) is 29.1 Å². The molecule has 2 N–H and O–H groups in total. The van der Waals surface area contributed by atoms with Crippen LogP contribution in [-0.4, -0.2) is 23.8 Å². The molecule has 0 spiro atoms. The molecule has 1 fully saturated rings. The summed E-state index contributed by atoms with van der Waals surface area (Å²) >= 11 is 0. The first-order valence-electron chi connectivity index (χ1n) is 7.37. The highest BCUT2D eigenvalue weighted by Crippen LogP contribution is 2.27. The summed E-state index contributed by atoms with van der Waals surface area (Å²) in [5, 5.41) is 8.63. The zero-order chi connectivity index (χ0) is 13.8. The van der Waals surface area contributed by atoms with Crippen molar-refractivity contribution in [2.75, 3.05) is 18.5 Å². The molecule has 106 valence electrons. The fourth-order valence-electron chi connectivity index (χ4n) is 3.04. The number of nitrogens with two attached hydrogens (primary N) is 1. The van der Waals surface area contributed by atoms with E-state index in [1.165, 1.54) is 37.7 Å². The Kier molecular flexibility index (Phi) is 4.75. The van der Waals surface area contributed by atoms with Gasteiger partial charge in [-0.05, 0) is 38.2 Å². The van der Waals surface area contributed by atoms with E-state index in [4.69, 9.17) is 5.73 Å². The number of anilines is 1. The van der Waals surface area contributed by atoms with Gasteiger partial charge >= 0.3 is 0 Å². The zero-order valence-corrected chi connectivity index (χ0v) is 12.4. The molecule has 1 aromatic heterocycles. The molecule has 0 aliphatic heterocycles. The second kappa shape index (κ2) is 6.33. The van der Waals surface area contributed by atoms with Gasteiger partial charge in [-0.15, -0.1) is 5.10 Å². The molecule has 4 nitrogen and oxygen atoms in total. The van der Waals surface area contributed by atoms with Crippen LogP contribution in [0, 0.1) is 19.8 Å². The Morgan fingerprint density at radius 3 is 2.47 bits per heavy atom. The van der Waals surface area contributed by atoms with Crippen LogP contribution in [0.2, 0.25) is 0 Å². The molecule has 2 rings (SSSR count). The average molecular weight is 262 g/mol. The highest BCUT2D eigenvalue weighted by molar-refractivity contribution is 5.50. The molecule has 1 saturated carbocycles. The Bertz CT molecular complexity index is 424. The van der Waals surface area contributed by atoms with Crippen LogP contribution in [0.15, 0.2) is 0 Å². The highest BCUT2D eigenvalue weighted by Gasteiger charge is 2.19. The smallest absolute Gasteiger partial charge is 0.155 e. The molecule has 0 aromatic carbocycles. The normalized spacial score (nSPS) is 16.6. The molecule has 0 radical (unpaired) electrons. The molecule has 1 aliphatic rings. The second-order valence-corrected chi connectivity index (χ2v) is 5.80. The molecule has 1 heterocycles. The van der Waals surface area contributed by atoms with E-state index < -0.39 is 0 Å². The standard InChI is InChI=1S/C15H26N4/c1-11-12(2)17-18-15(14(11)9-16)19(3)10-13-7-5-4-6-8-13/h13H,4-10,16H2,1-3H3. The van der Waals surface area contributed by atoms with Crippen molar-refractivity contribution < 1.29 is 0 Å². The van der Waals surface area contributed by atoms with Gasteiger partial charge in [0, 0.05) is 25.7 Å². The molecular formula is C15H26N4. The third kappa shape index (κ3) is 3.24. The van der Waals surface area contributed by atoms with Gasteiger partial charge in [-0.2, -0.15) is 5.10 Å². The van der Waals surface area contributed by atoms with Crippen molar-refractivity contribution in [3.8, 4) is 0 Å². The van der Waals surface area contributed by atoms with Crippen LogP contribution in [0.4, 0.5) is 5.82 Å². The SMILES string of the molecule is Cc1nnc(N(C)CC2CCCCC2)c(CN)c1C. The summed E-state index contributed by atoms with van der Waals surface area (Å²) in [7, 11) is 2.12. The third-order valence-electron chi connectivity index (χ3n) is 4.38.